The molecule has 0 unspecified atom stereocenters. The third-order valence-electron chi connectivity index (χ3n) is 7.29. The van der Waals surface area contributed by atoms with Crippen LogP contribution in [-0.4, -0.2) is 69.4 Å². The van der Waals surface area contributed by atoms with Gasteiger partial charge in [-0.1, -0.05) is 19.1 Å². The van der Waals surface area contributed by atoms with Crippen LogP contribution < -0.4 is 14.4 Å². The molecule has 2 amide bonds. The molecule has 37 heavy (non-hydrogen) atoms. The highest BCUT2D eigenvalue weighted by Crippen LogP contribution is 2.33. The van der Waals surface area contributed by atoms with Crippen molar-refractivity contribution in [1.82, 2.24) is 4.90 Å². The minimum atomic E-state index is -0.0820. The van der Waals surface area contributed by atoms with E-state index >= 15 is 0 Å². The molecular weight excluding hydrogens is 472 g/mol. The number of carbonyl (C=O) groups excluding carboxylic acids is 2. The van der Waals surface area contributed by atoms with E-state index in [1.807, 2.05) is 47.4 Å². The second-order valence-electron chi connectivity index (χ2n) is 10.6. The topological polar surface area (TPSA) is 77.5 Å². The van der Waals surface area contributed by atoms with Crippen LogP contribution in [0.3, 0.4) is 0 Å². The fourth-order valence-corrected chi connectivity index (χ4v) is 5.10. The smallest absolute Gasteiger partial charge is 0.254 e. The Balaban J connectivity index is 1.36. The Kier molecular flexibility index (Phi) is 7.67. The summed E-state index contributed by atoms with van der Waals surface area (Å²) < 4.78 is 22.9. The number of anilines is 1. The molecule has 8 nitrogen and oxygen atoms in total. The molecule has 0 bridgehead atoms. The molecular formula is C29H36N2O6. The summed E-state index contributed by atoms with van der Waals surface area (Å²) in [7, 11) is 1.63. The third-order valence-corrected chi connectivity index (χ3v) is 7.29. The molecule has 1 atom stereocenters. The number of amides is 2. The fraction of sp³-hybridized carbons (Fsp3) is 0.517. The van der Waals surface area contributed by atoms with Gasteiger partial charge in [0.15, 0.2) is 11.5 Å². The summed E-state index contributed by atoms with van der Waals surface area (Å²) in [6.45, 7) is 6.36. The fourth-order valence-electron chi connectivity index (χ4n) is 5.10. The van der Waals surface area contributed by atoms with E-state index in [1.54, 1.807) is 12.0 Å². The Morgan fingerprint density at radius 1 is 1.16 bits per heavy atom. The number of ether oxygens (including phenoxy) is 4. The van der Waals surface area contributed by atoms with E-state index in [2.05, 4.69) is 6.92 Å². The highest BCUT2D eigenvalue weighted by atomic mass is 16.5. The Bertz CT molecular complexity index is 1130. The lowest BCUT2D eigenvalue weighted by Crippen LogP contribution is -2.44. The molecule has 0 N–H and O–H groups in total. The summed E-state index contributed by atoms with van der Waals surface area (Å²) in [6.07, 6.45) is 3.35. The summed E-state index contributed by atoms with van der Waals surface area (Å²) in [4.78, 5) is 29.7. The number of rotatable bonds is 10. The summed E-state index contributed by atoms with van der Waals surface area (Å²) in [5, 5.41) is 0. The Hall–Kier alpha value is -3.10. The lowest BCUT2D eigenvalue weighted by molar-refractivity contribution is -0.120. The summed E-state index contributed by atoms with van der Waals surface area (Å²) in [5.41, 5.74) is 2.30. The molecule has 3 heterocycles. The standard InChI is InChI=1S/C29H36N2O6/c1-29(18-35-19-29)20-37-26-14-21(10-11-25(26)34-2)16-30(17-24-8-5-13-36-24)28(33)22-6-3-7-23(15-22)31-12-4-9-27(31)32/h3,6-7,10-11,14-15,24H,4-5,8-9,12-13,16-20H2,1-2H3/t24-/m1/s1. The van der Waals surface area contributed by atoms with Crippen LogP contribution in [0, 0.1) is 5.41 Å². The van der Waals surface area contributed by atoms with Crippen molar-refractivity contribution >= 4 is 17.5 Å². The number of methoxy groups -OCH3 is 1. The van der Waals surface area contributed by atoms with Crippen LogP contribution in [0.25, 0.3) is 0 Å². The van der Waals surface area contributed by atoms with Gasteiger partial charge in [-0.15, -0.1) is 0 Å². The van der Waals surface area contributed by atoms with Crippen molar-refractivity contribution in [2.75, 3.05) is 51.5 Å². The molecule has 2 aromatic carbocycles. The molecule has 3 aliphatic rings. The number of hydrogen-bond donors (Lipinski definition) is 0. The molecule has 198 valence electrons. The summed E-state index contributed by atoms with van der Waals surface area (Å²) >= 11 is 0. The van der Waals surface area contributed by atoms with Gasteiger partial charge in [0.2, 0.25) is 5.91 Å². The first-order valence-corrected chi connectivity index (χ1v) is 13.1. The molecule has 3 saturated heterocycles. The monoisotopic (exact) mass is 508 g/mol. The number of carbonyl (C=O) groups is 2. The van der Waals surface area contributed by atoms with Crippen LogP contribution in [0.2, 0.25) is 0 Å². The van der Waals surface area contributed by atoms with E-state index in [0.29, 0.717) is 62.9 Å². The molecule has 3 fully saturated rings. The lowest BCUT2D eigenvalue weighted by atomic mass is 9.90. The summed E-state index contributed by atoms with van der Waals surface area (Å²) in [6, 6.07) is 13.2. The lowest BCUT2D eigenvalue weighted by Gasteiger charge is -2.37. The van der Waals surface area contributed by atoms with Gasteiger partial charge < -0.3 is 28.7 Å². The van der Waals surface area contributed by atoms with Gasteiger partial charge in [-0.25, -0.2) is 0 Å². The van der Waals surface area contributed by atoms with Crippen LogP contribution in [-0.2, 0) is 20.8 Å². The average Bonchev–Trinajstić information content (AvgIpc) is 3.57. The van der Waals surface area contributed by atoms with Gasteiger partial charge in [-0.3, -0.25) is 9.59 Å². The van der Waals surface area contributed by atoms with Crippen molar-refractivity contribution in [3.63, 3.8) is 0 Å². The quantitative estimate of drug-likeness (QED) is 0.482. The zero-order chi connectivity index (χ0) is 25.8. The van der Waals surface area contributed by atoms with E-state index in [1.165, 1.54) is 0 Å². The number of benzene rings is 2. The van der Waals surface area contributed by atoms with E-state index < -0.39 is 0 Å². The molecule has 0 spiro atoms. The maximum atomic E-state index is 13.8. The molecule has 0 aliphatic carbocycles. The minimum Gasteiger partial charge on any atom is -0.493 e. The first-order valence-electron chi connectivity index (χ1n) is 13.1. The van der Waals surface area contributed by atoms with Crippen LogP contribution >= 0.6 is 0 Å². The molecule has 5 rings (SSSR count). The van der Waals surface area contributed by atoms with Crippen LogP contribution in [0.5, 0.6) is 11.5 Å². The van der Waals surface area contributed by atoms with Crippen LogP contribution in [0.15, 0.2) is 42.5 Å². The predicted octanol–water partition coefficient (Wildman–Crippen LogP) is 4.06. The van der Waals surface area contributed by atoms with E-state index in [9.17, 15) is 9.59 Å². The Morgan fingerprint density at radius 3 is 2.70 bits per heavy atom. The SMILES string of the molecule is COc1ccc(CN(C[C@H]2CCCO2)C(=O)c2cccc(N3CCCC3=O)c2)cc1OCC1(C)COC1. The first kappa shape index (κ1) is 25.5. The normalized spacial score (nSPS) is 20.5. The van der Waals surface area contributed by atoms with E-state index in [4.69, 9.17) is 18.9 Å². The first-order chi connectivity index (χ1) is 17.9. The van der Waals surface area contributed by atoms with Crippen molar-refractivity contribution in [3.8, 4) is 11.5 Å². The molecule has 0 radical (unpaired) electrons. The second kappa shape index (κ2) is 11.1. The maximum Gasteiger partial charge on any atom is 0.254 e. The van der Waals surface area contributed by atoms with Crippen molar-refractivity contribution < 1.29 is 28.5 Å². The van der Waals surface area contributed by atoms with Crippen molar-refractivity contribution in [1.29, 1.82) is 0 Å². The summed E-state index contributed by atoms with van der Waals surface area (Å²) in [5.74, 6) is 1.34. The zero-order valence-corrected chi connectivity index (χ0v) is 21.7. The third kappa shape index (κ3) is 5.91. The highest BCUT2D eigenvalue weighted by molar-refractivity contribution is 5.99. The van der Waals surface area contributed by atoms with Gasteiger partial charge in [-0.2, -0.15) is 0 Å². The Labute approximate surface area is 218 Å². The second-order valence-corrected chi connectivity index (χ2v) is 10.6. The molecule has 2 aromatic rings. The van der Waals surface area contributed by atoms with Gasteiger partial charge in [0.1, 0.15) is 0 Å². The maximum absolute atomic E-state index is 13.8. The predicted molar refractivity (Wildman–Crippen MR) is 139 cm³/mol. The molecule has 0 aromatic heterocycles. The molecule has 8 heteroatoms. The van der Waals surface area contributed by atoms with Gasteiger partial charge >= 0.3 is 0 Å². The zero-order valence-electron chi connectivity index (χ0n) is 21.7. The average molecular weight is 509 g/mol. The largest absolute Gasteiger partial charge is 0.493 e. The van der Waals surface area contributed by atoms with Gasteiger partial charge in [-0.05, 0) is 55.2 Å². The molecule has 0 saturated carbocycles. The minimum absolute atomic E-state index is 0.00453. The van der Waals surface area contributed by atoms with Crippen LogP contribution in [0.4, 0.5) is 5.69 Å². The number of hydrogen-bond acceptors (Lipinski definition) is 6. The van der Waals surface area contributed by atoms with E-state index in [-0.39, 0.29) is 23.3 Å². The van der Waals surface area contributed by atoms with Gasteiger partial charge in [0.25, 0.3) is 5.91 Å². The van der Waals surface area contributed by atoms with Crippen LogP contribution in [0.1, 0.15) is 48.5 Å². The number of nitrogens with zero attached hydrogens (tertiary/aromatic N) is 2. The van der Waals surface area contributed by atoms with Crippen molar-refractivity contribution in [2.45, 2.75) is 45.3 Å². The van der Waals surface area contributed by atoms with E-state index in [0.717, 1.165) is 37.1 Å². The Morgan fingerprint density at radius 2 is 2.03 bits per heavy atom. The van der Waals surface area contributed by atoms with Crippen molar-refractivity contribution in [2.24, 2.45) is 5.41 Å². The highest BCUT2D eigenvalue weighted by Gasteiger charge is 2.34. The van der Waals surface area contributed by atoms with Gasteiger partial charge in [0.05, 0.1) is 33.0 Å². The molecule has 3 aliphatic heterocycles. The van der Waals surface area contributed by atoms with Gasteiger partial charge in [0, 0.05) is 49.3 Å². The van der Waals surface area contributed by atoms with Crippen molar-refractivity contribution in [3.05, 3.63) is 53.6 Å².